The number of amides is 7. The second-order valence-electron chi connectivity index (χ2n) is 16.8. The largest absolute Gasteiger partial charge is 0.508 e. The predicted molar refractivity (Wildman–Crippen MR) is 240 cm³/mol. The minimum absolute atomic E-state index is 0.0341. The van der Waals surface area contributed by atoms with Crippen LogP contribution in [0.15, 0.2) is 24.3 Å². The number of quaternary nitrogens is 1. The maximum Gasteiger partial charge on any atom is 0.338 e. The molecular formula is C42H73N14O10+3. The van der Waals surface area contributed by atoms with Gasteiger partial charge in [0.05, 0.1) is 19.6 Å². The molecule has 66 heavy (non-hydrogen) atoms. The number of carboxylic acid groups (broad SMARTS) is 1. The van der Waals surface area contributed by atoms with Gasteiger partial charge in [-0.3, -0.25) is 66.5 Å². The van der Waals surface area contributed by atoms with Gasteiger partial charge in [-0.05, 0) is 74.5 Å². The summed E-state index contributed by atoms with van der Waals surface area (Å²) in [4.78, 5) is 114. The maximum atomic E-state index is 14.5. The number of guanidine groups is 2. The number of phenols is 1. The predicted octanol–water partition coefficient (Wildman–Crippen LogP) is -7.85. The third-order valence-electron chi connectivity index (χ3n) is 10.9. The Kier molecular flexibility index (Phi) is 23.7. The molecule has 7 atom stereocenters. The molecule has 1 aromatic carbocycles. The summed E-state index contributed by atoms with van der Waals surface area (Å²) in [7, 11) is 0. The van der Waals surface area contributed by atoms with Crippen molar-refractivity contribution in [3.05, 3.63) is 29.8 Å². The fourth-order valence-electron chi connectivity index (χ4n) is 7.15. The lowest BCUT2D eigenvalue weighted by atomic mass is 9.96. The summed E-state index contributed by atoms with van der Waals surface area (Å²) >= 11 is 0. The standard InChI is InChI=1S/C42H70N14O10/c1-5-24(4)34(38(63)54-30(40(65)66)19-23(2)3)55-36(61)29(20-25-12-14-26(57)15-13-25)53-37(62)31-11-8-18-56(31)39(64)28(10-7-17-49-42(46)47)52-35(60)27(9-6-16-48-41(44)45)51-33(59)22-50-32(58)21-43/h12-15,23-24,27-31,34,57H,5-11,16-22,43H2,1-4H3,(H,50,58)(H,51,59)(H,52,60)(H,53,62)(H,54,63)(H,55,61)(H,65,66)(H4,44,45,48)(H4,46,47,49)/p+3/t24-,27-,28-,29-,30-,31-,34-/m0/s1. The summed E-state index contributed by atoms with van der Waals surface area (Å²) in [5, 5.41) is 35.5. The number of nitrogens with zero attached hydrogens (tertiary/aromatic N) is 1. The fourth-order valence-corrected chi connectivity index (χ4v) is 7.15. The molecule has 0 aromatic heterocycles. The number of aliphatic carboxylic acids is 1. The van der Waals surface area contributed by atoms with Gasteiger partial charge in [-0.2, -0.15) is 0 Å². The van der Waals surface area contributed by atoms with E-state index < -0.39 is 96.0 Å². The number of carbonyl (C=O) groups is 8. The molecule has 1 aliphatic rings. The minimum atomic E-state index is -1.31. The Bertz CT molecular complexity index is 1870. The van der Waals surface area contributed by atoms with Gasteiger partial charge in [0.2, 0.25) is 35.4 Å². The van der Waals surface area contributed by atoms with Crippen molar-refractivity contribution in [3.8, 4) is 5.75 Å². The highest BCUT2D eigenvalue weighted by molar-refractivity contribution is 5.97. The molecule has 1 saturated heterocycles. The number of rotatable bonds is 28. The van der Waals surface area contributed by atoms with Crippen LogP contribution in [0, 0.1) is 11.8 Å². The van der Waals surface area contributed by atoms with Crippen LogP contribution in [0.4, 0.5) is 0 Å². The first kappa shape index (κ1) is 55.4. The van der Waals surface area contributed by atoms with E-state index in [4.69, 9.17) is 22.9 Å². The van der Waals surface area contributed by atoms with Crippen molar-refractivity contribution in [2.45, 2.75) is 122 Å². The lowest BCUT2D eigenvalue weighted by Gasteiger charge is -2.31. The smallest absolute Gasteiger partial charge is 0.338 e. The van der Waals surface area contributed by atoms with Crippen molar-refractivity contribution in [2.75, 3.05) is 32.7 Å². The number of aromatic hydroxyl groups is 1. The van der Waals surface area contributed by atoms with Crippen LogP contribution in [0.2, 0.25) is 0 Å². The Morgan fingerprint density at radius 1 is 0.773 bits per heavy atom. The molecule has 7 amide bonds. The molecule has 1 heterocycles. The second kappa shape index (κ2) is 28.2. The number of carbonyl (C=O) groups excluding carboxylic acids is 7. The van der Waals surface area contributed by atoms with Crippen LogP contribution in [-0.4, -0.2) is 143 Å². The number of carboxylic acids is 1. The van der Waals surface area contributed by atoms with E-state index in [1.165, 1.54) is 17.0 Å². The number of nitrogens with one attached hydrogen (secondary N) is 8. The fraction of sp³-hybridized carbons (Fsp3) is 0.619. The summed E-state index contributed by atoms with van der Waals surface area (Å²) in [5.41, 5.74) is 26.1. The van der Waals surface area contributed by atoms with Crippen LogP contribution in [-0.2, 0) is 44.8 Å². The van der Waals surface area contributed by atoms with Crippen molar-refractivity contribution >= 4 is 59.2 Å². The molecule has 0 radical (unpaired) electrons. The first-order chi connectivity index (χ1) is 31.2. The van der Waals surface area contributed by atoms with Crippen LogP contribution in [0.3, 0.4) is 0 Å². The summed E-state index contributed by atoms with van der Waals surface area (Å²) in [5.74, 6) is -6.54. The molecule has 0 saturated carbocycles. The van der Waals surface area contributed by atoms with Crippen LogP contribution >= 0.6 is 0 Å². The average Bonchev–Trinajstić information content (AvgIpc) is 3.76. The van der Waals surface area contributed by atoms with E-state index in [9.17, 15) is 48.6 Å². The highest BCUT2D eigenvalue weighted by atomic mass is 16.4. The van der Waals surface area contributed by atoms with Crippen LogP contribution in [0.25, 0.3) is 0 Å². The lowest BCUT2D eigenvalue weighted by molar-refractivity contribution is -0.460. The minimum Gasteiger partial charge on any atom is -0.508 e. The van der Waals surface area contributed by atoms with Gasteiger partial charge in [0.15, 0.2) is 6.54 Å². The van der Waals surface area contributed by atoms with E-state index in [0.29, 0.717) is 24.8 Å². The molecule has 1 aliphatic heterocycles. The molecule has 24 nitrogen and oxygen atoms in total. The first-order valence-electron chi connectivity index (χ1n) is 22.3. The molecule has 0 aliphatic carbocycles. The van der Waals surface area contributed by atoms with Crippen molar-refractivity contribution in [1.82, 2.24) is 36.8 Å². The van der Waals surface area contributed by atoms with Gasteiger partial charge in [0, 0.05) is 13.0 Å². The summed E-state index contributed by atoms with van der Waals surface area (Å²) in [6.45, 7) is 7.20. The summed E-state index contributed by atoms with van der Waals surface area (Å²) in [6.07, 6.45) is 1.76. The molecule has 0 spiro atoms. The lowest BCUT2D eigenvalue weighted by Crippen LogP contribution is -2.78. The molecule has 0 bridgehead atoms. The van der Waals surface area contributed by atoms with Crippen molar-refractivity contribution in [3.63, 3.8) is 0 Å². The van der Waals surface area contributed by atoms with Crippen molar-refractivity contribution in [2.24, 2.45) is 34.8 Å². The van der Waals surface area contributed by atoms with Gasteiger partial charge >= 0.3 is 17.9 Å². The van der Waals surface area contributed by atoms with E-state index in [1.807, 2.05) is 13.8 Å². The number of hydrogen-bond donors (Lipinski definition) is 15. The SMILES string of the molecule is CC[C@H](C)[C@H](NC(=O)[C@H](Cc1ccc(O)cc1)NC(=O)[C@@H]1CCCN1C(=O)[C@H](CCC[NH+]=C(N)N)NC(=O)[C@H](CCC[NH+]=C(N)N)NC(=O)CNC(=O)C[NH3+])C(=O)N[C@@H](CC(C)C)C(=O)O. The van der Waals surface area contributed by atoms with E-state index in [0.717, 1.165) is 0 Å². The Hall–Kier alpha value is -6.72. The zero-order valence-electron chi connectivity index (χ0n) is 38.5. The second-order valence-corrected chi connectivity index (χ2v) is 16.8. The monoisotopic (exact) mass is 934 g/mol. The number of likely N-dealkylation sites (tertiary alicyclic amines) is 1. The van der Waals surface area contributed by atoms with Crippen LogP contribution in [0.5, 0.6) is 5.75 Å². The molecule has 2 rings (SSSR count). The zero-order chi connectivity index (χ0) is 49.5. The first-order valence-corrected chi connectivity index (χ1v) is 22.3. The summed E-state index contributed by atoms with van der Waals surface area (Å²) < 4.78 is 0. The molecule has 1 aromatic rings. The number of hydrogen-bond acceptors (Lipinski definition) is 9. The average molecular weight is 934 g/mol. The molecule has 368 valence electrons. The molecular weight excluding hydrogens is 861 g/mol. The Morgan fingerprint density at radius 2 is 1.35 bits per heavy atom. The summed E-state index contributed by atoms with van der Waals surface area (Å²) in [6, 6.07) is -1.26. The van der Waals surface area contributed by atoms with Crippen LogP contribution in [0.1, 0.15) is 84.6 Å². The maximum absolute atomic E-state index is 14.5. The Balaban J connectivity index is 2.45. The normalized spacial score (nSPS) is 16.0. The third kappa shape index (κ3) is 19.6. The van der Waals surface area contributed by atoms with E-state index in [1.54, 1.807) is 26.0 Å². The number of benzene rings is 1. The highest BCUT2D eigenvalue weighted by Gasteiger charge is 2.40. The third-order valence-corrected chi connectivity index (χ3v) is 10.9. The van der Waals surface area contributed by atoms with Gasteiger partial charge in [-0.25, -0.2) is 4.79 Å². The molecule has 21 N–H and O–H groups in total. The number of phenolic OH excluding ortho intramolecular Hbond substituents is 1. The highest BCUT2D eigenvalue weighted by Crippen LogP contribution is 2.21. The van der Waals surface area contributed by atoms with Gasteiger partial charge in [0.25, 0.3) is 5.91 Å². The van der Waals surface area contributed by atoms with Gasteiger partial charge in [0.1, 0.15) is 42.0 Å². The molecule has 0 unspecified atom stereocenters. The van der Waals surface area contributed by atoms with Crippen molar-refractivity contribution < 1.29 is 64.3 Å². The van der Waals surface area contributed by atoms with Crippen molar-refractivity contribution in [1.29, 1.82) is 0 Å². The van der Waals surface area contributed by atoms with E-state index in [-0.39, 0.29) is 88.3 Å². The Morgan fingerprint density at radius 3 is 1.89 bits per heavy atom. The molecule has 24 heteroatoms. The quantitative estimate of drug-likeness (QED) is 0.0211. The van der Waals surface area contributed by atoms with Crippen LogP contribution < -0.4 is 70.6 Å². The van der Waals surface area contributed by atoms with E-state index >= 15 is 0 Å². The molecule has 1 fully saturated rings. The zero-order valence-corrected chi connectivity index (χ0v) is 38.5. The van der Waals surface area contributed by atoms with Gasteiger partial charge < -0.3 is 52.7 Å². The van der Waals surface area contributed by atoms with E-state index in [2.05, 4.69) is 47.6 Å². The topological polar surface area (TPSA) is 412 Å². The number of nitrogens with two attached hydrogens (primary N) is 4. The Labute approximate surface area is 384 Å². The van der Waals surface area contributed by atoms with Gasteiger partial charge in [-0.15, -0.1) is 0 Å². The van der Waals surface area contributed by atoms with Gasteiger partial charge in [-0.1, -0.05) is 46.2 Å².